The first-order valence-corrected chi connectivity index (χ1v) is 7.38. The molecule has 0 spiro atoms. The van der Waals surface area contributed by atoms with E-state index in [9.17, 15) is 0 Å². The first-order valence-electron chi connectivity index (χ1n) is 7.38. The SMILES string of the molecule is CC(C)(C)NCCCCc1ccc(C2CC2)cc1. The number of unbranched alkanes of at least 4 members (excludes halogenated alkanes) is 1. The highest BCUT2D eigenvalue weighted by Gasteiger charge is 2.22. The summed E-state index contributed by atoms with van der Waals surface area (Å²) in [6.45, 7) is 7.81. The van der Waals surface area contributed by atoms with Crippen LogP contribution in [-0.4, -0.2) is 12.1 Å². The van der Waals surface area contributed by atoms with Crippen LogP contribution >= 0.6 is 0 Å². The molecular formula is C17H27N. The van der Waals surface area contributed by atoms with Crippen LogP contribution in [0.2, 0.25) is 0 Å². The molecule has 0 aliphatic heterocycles. The van der Waals surface area contributed by atoms with Crippen LogP contribution in [0.25, 0.3) is 0 Å². The fraction of sp³-hybridized carbons (Fsp3) is 0.647. The third-order valence-corrected chi connectivity index (χ3v) is 3.58. The van der Waals surface area contributed by atoms with Gasteiger partial charge in [0.1, 0.15) is 0 Å². The van der Waals surface area contributed by atoms with E-state index >= 15 is 0 Å². The zero-order chi connectivity index (χ0) is 13.0. The first kappa shape index (κ1) is 13.6. The summed E-state index contributed by atoms with van der Waals surface area (Å²) in [5.41, 5.74) is 3.30. The van der Waals surface area contributed by atoms with E-state index in [4.69, 9.17) is 0 Å². The Kier molecular flexibility index (Phi) is 4.45. The summed E-state index contributed by atoms with van der Waals surface area (Å²) in [7, 11) is 0. The normalized spacial score (nSPS) is 15.9. The predicted octanol–water partition coefficient (Wildman–Crippen LogP) is 4.27. The maximum absolute atomic E-state index is 3.54. The van der Waals surface area contributed by atoms with E-state index in [1.807, 2.05) is 0 Å². The van der Waals surface area contributed by atoms with E-state index in [1.54, 1.807) is 5.56 Å². The van der Waals surface area contributed by atoms with Gasteiger partial charge in [0, 0.05) is 5.54 Å². The van der Waals surface area contributed by atoms with Crippen molar-refractivity contribution in [2.75, 3.05) is 6.54 Å². The number of hydrogen-bond donors (Lipinski definition) is 1. The van der Waals surface area contributed by atoms with Crippen LogP contribution in [-0.2, 0) is 6.42 Å². The second kappa shape index (κ2) is 5.88. The van der Waals surface area contributed by atoms with Gasteiger partial charge in [-0.15, -0.1) is 0 Å². The van der Waals surface area contributed by atoms with Gasteiger partial charge < -0.3 is 5.32 Å². The van der Waals surface area contributed by atoms with E-state index in [0.29, 0.717) is 0 Å². The van der Waals surface area contributed by atoms with E-state index in [-0.39, 0.29) is 5.54 Å². The van der Waals surface area contributed by atoms with Crippen LogP contribution in [0.5, 0.6) is 0 Å². The minimum atomic E-state index is 0.256. The summed E-state index contributed by atoms with van der Waals surface area (Å²) in [4.78, 5) is 0. The molecule has 100 valence electrons. The number of nitrogens with one attached hydrogen (secondary N) is 1. The Morgan fingerprint density at radius 2 is 1.72 bits per heavy atom. The van der Waals surface area contributed by atoms with Crippen molar-refractivity contribution in [3.63, 3.8) is 0 Å². The molecule has 1 aliphatic carbocycles. The molecule has 0 radical (unpaired) electrons. The summed E-state index contributed by atoms with van der Waals surface area (Å²) in [6.07, 6.45) is 6.57. The Labute approximate surface area is 112 Å². The molecule has 0 heterocycles. The highest BCUT2D eigenvalue weighted by atomic mass is 14.9. The van der Waals surface area contributed by atoms with Crippen LogP contribution in [0, 0.1) is 0 Å². The van der Waals surface area contributed by atoms with Crippen LogP contribution in [0.1, 0.15) is 63.5 Å². The van der Waals surface area contributed by atoms with E-state index in [1.165, 1.54) is 37.7 Å². The van der Waals surface area contributed by atoms with Crippen LogP contribution in [0.3, 0.4) is 0 Å². The molecule has 0 bridgehead atoms. The number of aryl methyl sites for hydroxylation is 1. The molecule has 0 aromatic heterocycles. The average molecular weight is 245 g/mol. The second-order valence-corrected chi connectivity index (χ2v) is 6.65. The third kappa shape index (κ3) is 4.81. The van der Waals surface area contributed by atoms with Gasteiger partial charge >= 0.3 is 0 Å². The highest BCUT2D eigenvalue weighted by molar-refractivity contribution is 5.28. The van der Waals surface area contributed by atoms with Crippen molar-refractivity contribution < 1.29 is 0 Å². The highest BCUT2D eigenvalue weighted by Crippen LogP contribution is 2.39. The first-order chi connectivity index (χ1) is 8.54. The lowest BCUT2D eigenvalue weighted by molar-refractivity contribution is 0.419. The van der Waals surface area contributed by atoms with Crippen molar-refractivity contribution in [3.05, 3.63) is 35.4 Å². The summed E-state index contributed by atoms with van der Waals surface area (Å²) >= 11 is 0. The zero-order valence-electron chi connectivity index (χ0n) is 12.1. The molecule has 1 aromatic rings. The van der Waals surface area contributed by atoms with E-state index in [0.717, 1.165) is 12.5 Å². The van der Waals surface area contributed by atoms with Crippen molar-refractivity contribution in [3.8, 4) is 0 Å². The molecule has 1 aliphatic rings. The maximum atomic E-state index is 3.54. The van der Waals surface area contributed by atoms with Gasteiger partial charge in [-0.2, -0.15) is 0 Å². The fourth-order valence-corrected chi connectivity index (χ4v) is 2.29. The lowest BCUT2D eigenvalue weighted by atomic mass is 10.0. The lowest BCUT2D eigenvalue weighted by Crippen LogP contribution is -2.36. The monoisotopic (exact) mass is 245 g/mol. The summed E-state index contributed by atoms with van der Waals surface area (Å²) in [5.74, 6) is 0.884. The van der Waals surface area contributed by atoms with Crippen molar-refractivity contribution in [2.24, 2.45) is 0 Å². The quantitative estimate of drug-likeness (QED) is 0.738. The molecule has 18 heavy (non-hydrogen) atoms. The van der Waals surface area contributed by atoms with Gasteiger partial charge in [-0.05, 0) is 76.5 Å². The van der Waals surface area contributed by atoms with E-state index in [2.05, 4.69) is 50.4 Å². The molecule has 1 fully saturated rings. The lowest BCUT2D eigenvalue weighted by Gasteiger charge is -2.20. The number of benzene rings is 1. The average Bonchev–Trinajstić information content (AvgIpc) is 3.12. The second-order valence-electron chi connectivity index (χ2n) is 6.65. The smallest absolute Gasteiger partial charge is 0.00965 e. The van der Waals surface area contributed by atoms with Gasteiger partial charge in [-0.3, -0.25) is 0 Å². The zero-order valence-corrected chi connectivity index (χ0v) is 12.1. The summed E-state index contributed by atoms with van der Waals surface area (Å²) in [6, 6.07) is 9.32. The van der Waals surface area contributed by atoms with Gasteiger partial charge in [-0.1, -0.05) is 24.3 Å². The topological polar surface area (TPSA) is 12.0 Å². The number of rotatable bonds is 6. The molecule has 1 N–H and O–H groups in total. The van der Waals surface area contributed by atoms with Crippen LogP contribution in [0.15, 0.2) is 24.3 Å². The van der Waals surface area contributed by atoms with Crippen LogP contribution < -0.4 is 5.32 Å². The summed E-state index contributed by atoms with van der Waals surface area (Å²) < 4.78 is 0. The van der Waals surface area contributed by atoms with Crippen molar-refractivity contribution in [1.29, 1.82) is 0 Å². The molecule has 1 nitrogen and oxygen atoms in total. The van der Waals surface area contributed by atoms with E-state index < -0.39 is 0 Å². The van der Waals surface area contributed by atoms with Gasteiger partial charge in [-0.25, -0.2) is 0 Å². The van der Waals surface area contributed by atoms with Crippen molar-refractivity contribution in [2.45, 2.75) is 64.3 Å². The maximum Gasteiger partial charge on any atom is 0.00965 e. The van der Waals surface area contributed by atoms with Crippen molar-refractivity contribution >= 4 is 0 Å². The summed E-state index contributed by atoms with van der Waals surface area (Å²) in [5, 5.41) is 3.54. The predicted molar refractivity (Wildman–Crippen MR) is 79.1 cm³/mol. The molecule has 0 amide bonds. The molecule has 1 aromatic carbocycles. The Hall–Kier alpha value is -0.820. The largest absolute Gasteiger partial charge is 0.312 e. The number of hydrogen-bond acceptors (Lipinski definition) is 1. The molecule has 1 saturated carbocycles. The Balaban J connectivity index is 1.64. The molecule has 0 unspecified atom stereocenters. The Morgan fingerprint density at radius 1 is 1.06 bits per heavy atom. The van der Waals surface area contributed by atoms with Gasteiger partial charge in [0.2, 0.25) is 0 Å². The minimum absolute atomic E-state index is 0.256. The molecule has 0 saturated heterocycles. The Bertz CT molecular complexity index is 354. The van der Waals surface area contributed by atoms with Gasteiger partial charge in [0.05, 0.1) is 0 Å². The fourth-order valence-electron chi connectivity index (χ4n) is 2.29. The van der Waals surface area contributed by atoms with Crippen molar-refractivity contribution in [1.82, 2.24) is 5.32 Å². The standard InChI is InChI=1S/C17H27N/c1-17(2,3)18-13-5-4-6-14-7-9-15(10-8-14)16-11-12-16/h7-10,16,18H,4-6,11-13H2,1-3H3. The minimum Gasteiger partial charge on any atom is -0.312 e. The molecular weight excluding hydrogens is 218 g/mol. The van der Waals surface area contributed by atoms with Gasteiger partial charge in [0.25, 0.3) is 0 Å². The van der Waals surface area contributed by atoms with Gasteiger partial charge in [0.15, 0.2) is 0 Å². The van der Waals surface area contributed by atoms with Crippen LogP contribution in [0.4, 0.5) is 0 Å². The molecule has 1 heteroatoms. The molecule has 0 atom stereocenters. The third-order valence-electron chi connectivity index (χ3n) is 3.58. The Morgan fingerprint density at radius 3 is 2.28 bits per heavy atom. The molecule has 2 rings (SSSR count).